The molecule has 1 saturated carbocycles. The highest BCUT2D eigenvalue weighted by Crippen LogP contribution is 2.45. The Hall–Kier alpha value is -0.690. The van der Waals surface area contributed by atoms with Gasteiger partial charge in [-0.25, -0.2) is 0 Å². The molecule has 2 fully saturated rings. The number of halogens is 5. The molecule has 138 valence electrons. The first kappa shape index (κ1) is 21.4. The van der Waals surface area contributed by atoms with E-state index in [1.807, 2.05) is 0 Å². The van der Waals surface area contributed by atoms with Gasteiger partial charge in [0.05, 0.1) is 5.56 Å². The van der Waals surface area contributed by atoms with Crippen LogP contribution in [0.1, 0.15) is 36.4 Å². The van der Waals surface area contributed by atoms with E-state index in [0.29, 0.717) is 11.5 Å². The fraction of sp³-hybridized carbons (Fsp3) is 0.625. The minimum atomic E-state index is -4.38. The summed E-state index contributed by atoms with van der Waals surface area (Å²) >= 11 is 0. The van der Waals surface area contributed by atoms with Crippen LogP contribution in [0, 0.1) is 5.92 Å². The molecule has 0 radical (unpaired) electrons. The van der Waals surface area contributed by atoms with Crippen molar-refractivity contribution in [2.45, 2.75) is 31.5 Å². The Balaban J connectivity index is 0.00000144. The molecule has 0 aromatic heterocycles. The lowest BCUT2D eigenvalue weighted by atomic mass is 9.76. The lowest BCUT2D eigenvalue weighted by Crippen LogP contribution is -2.47. The first-order valence-corrected chi connectivity index (χ1v) is 7.81. The summed E-state index contributed by atoms with van der Waals surface area (Å²) in [5, 5.41) is 13.4. The Labute approximate surface area is 152 Å². The molecule has 8 heteroatoms. The number of nitrogens with zero attached hydrogens (tertiary/aromatic N) is 1. The number of piperazine rings is 1. The minimum Gasteiger partial charge on any atom is -0.508 e. The molecular formula is C16H23Cl2F3N2O. The summed E-state index contributed by atoms with van der Waals surface area (Å²) in [5.74, 6) is 0.316. The number of phenols is 1. The van der Waals surface area contributed by atoms with Gasteiger partial charge in [0.15, 0.2) is 0 Å². The molecule has 1 aromatic carbocycles. The molecule has 1 saturated heterocycles. The molecule has 0 amide bonds. The van der Waals surface area contributed by atoms with Crippen LogP contribution in [0.4, 0.5) is 13.2 Å². The molecule has 1 atom stereocenters. The minimum absolute atomic E-state index is 0. The van der Waals surface area contributed by atoms with Crippen molar-refractivity contribution in [2.75, 3.05) is 26.2 Å². The van der Waals surface area contributed by atoms with E-state index in [2.05, 4.69) is 10.2 Å². The maximum atomic E-state index is 13.0. The zero-order valence-electron chi connectivity index (χ0n) is 13.2. The average molecular weight is 387 g/mol. The van der Waals surface area contributed by atoms with Crippen molar-refractivity contribution < 1.29 is 18.3 Å². The van der Waals surface area contributed by atoms with Gasteiger partial charge in [0, 0.05) is 37.8 Å². The van der Waals surface area contributed by atoms with Crippen LogP contribution in [0.2, 0.25) is 0 Å². The lowest BCUT2D eigenvalue weighted by molar-refractivity contribution is -0.137. The zero-order chi connectivity index (χ0) is 15.7. The molecule has 0 unspecified atom stereocenters. The number of phenolic OH excluding ortho intramolecular Hbond substituents is 1. The van der Waals surface area contributed by atoms with Crippen LogP contribution in [0.15, 0.2) is 18.2 Å². The van der Waals surface area contributed by atoms with Crippen molar-refractivity contribution in [3.8, 4) is 5.75 Å². The van der Waals surface area contributed by atoms with Crippen LogP contribution < -0.4 is 5.32 Å². The van der Waals surface area contributed by atoms with E-state index in [1.54, 1.807) is 0 Å². The fourth-order valence-electron chi connectivity index (χ4n) is 3.43. The summed E-state index contributed by atoms with van der Waals surface area (Å²) in [6.45, 7) is 3.28. The van der Waals surface area contributed by atoms with Gasteiger partial charge in [-0.05, 0) is 37.0 Å². The maximum Gasteiger partial charge on any atom is 0.416 e. The molecular weight excluding hydrogens is 364 g/mol. The highest BCUT2D eigenvalue weighted by molar-refractivity contribution is 5.85. The van der Waals surface area contributed by atoms with Crippen molar-refractivity contribution in [3.05, 3.63) is 29.3 Å². The van der Waals surface area contributed by atoms with Crippen molar-refractivity contribution >= 4 is 24.8 Å². The van der Waals surface area contributed by atoms with Gasteiger partial charge < -0.3 is 10.4 Å². The molecule has 2 aliphatic rings. The molecule has 3 rings (SSSR count). The Kier molecular flexibility index (Phi) is 7.66. The summed E-state index contributed by atoms with van der Waals surface area (Å²) in [6.07, 6.45) is -1.22. The molecule has 24 heavy (non-hydrogen) atoms. The fourth-order valence-corrected chi connectivity index (χ4v) is 3.43. The van der Waals surface area contributed by atoms with Gasteiger partial charge in [-0.15, -0.1) is 24.8 Å². The number of hydrogen-bond donors (Lipinski definition) is 2. The zero-order valence-corrected chi connectivity index (χ0v) is 14.8. The van der Waals surface area contributed by atoms with Gasteiger partial charge in [-0.2, -0.15) is 13.2 Å². The number of nitrogens with one attached hydrogen (secondary N) is 1. The van der Waals surface area contributed by atoms with Crippen LogP contribution in [0.5, 0.6) is 5.75 Å². The van der Waals surface area contributed by atoms with E-state index in [-0.39, 0.29) is 36.6 Å². The van der Waals surface area contributed by atoms with E-state index in [4.69, 9.17) is 0 Å². The Morgan fingerprint density at radius 3 is 2.25 bits per heavy atom. The second-order valence-corrected chi connectivity index (χ2v) is 6.19. The van der Waals surface area contributed by atoms with Crippen LogP contribution in [0.25, 0.3) is 0 Å². The summed E-state index contributed by atoms with van der Waals surface area (Å²) in [7, 11) is 0. The number of aromatic hydroxyl groups is 1. The van der Waals surface area contributed by atoms with E-state index >= 15 is 0 Å². The Bertz CT molecular complexity index is 533. The van der Waals surface area contributed by atoms with Gasteiger partial charge >= 0.3 is 6.18 Å². The first-order valence-electron chi connectivity index (χ1n) is 7.81. The third kappa shape index (κ3) is 4.48. The number of rotatable bonds is 3. The third-order valence-corrected chi connectivity index (χ3v) is 4.81. The normalized spacial score (nSPS) is 20.5. The molecule has 1 aliphatic heterocycles. The number of benzene rings is 1. The van der Waals surface area contributed by atoms with Crippen LogP contribution in [0.3, 0.4) is 0 Å². The Morgan fingerprint density at radius 2 is 1.75 bits per heavy atom. The average Bonchev–Trinajstić information content (AvgIpc) is 2.43. The van der Waals surface area contributed by atoms with Gasteiger partial charge in [0.2, 0.25) is 0 Å². The van der Waals surface area contributed by atoms with Crippen molar-refractivity contribution in [3.63, 3.8) is 0 Å². The largest absolute Gasteiger partial charge is 0.508 e. The summed E-state index contributed by atoms with van der Waals surface area (Å²) in [5.41, 5.74) is -0.249. The summed E-state index contributed by atoms with van der Waals surface area (Å²) in [4.78, 5) is 2.22. The molecule has 2 N–H and O–H groups in total. The van der Waals surface area contributed by atoms with Crippen LogP contribution in [-0.2, 0) is 6.18 Å². The smallest absolute Gasteiger partial charge is 0.416 e. The van der Waals surface area contributed by atoms with Gasteiger partial charge in [-0.1, -0.05) is 6.42 Å². The van der Waals surface area contributed by atoms with Crippen LogP contribution in [-0.4, -0.2) is 36.2 Å². The lowest BCUT2D eigenvalue weighted by Gasteiger charge is -2.43. The van der Waals surface area contributed by atoms with E-state index in [9.17, 15) is 18.3 Å². The topological polar surface area (TPSA) is 35.5 Å². The second kappa shape index (κ2) is 8.61. The standard InChI is InChI=1S/C16H21F3N2O.2ClH/c17-16(18,19)12-4-5-14(22)13(10-12)15(11-2-1-3-11)21-8-6-20-7-9-21;;/h4-5,10-11,15,20,22H,1-3,6-9H2;2*1H/t15-;;/m1../s1. The molecule has 1 heterocycles. The quantitative estimate of drug-likeness (QED) is 0.823. The molecule has 0 bridgehead atoms. The maximum absolute atomic E-state index is 13.0. The summed E-state index contributed by atoms with van der Waals surface area (Å²) in [6, 6.07) is 3.17. The van der Waals surface area contributed by atoms with Gasteiger partial charge in [0.25, 0.3) is 0 Å². The highest BCUT2D eigenvalue weighted by atomic mass is 35.5. The molecule has 1 aromatic rings. The first-order chi connectivity index (χ1) is 10.5. The van der Waals surface area contributed by atoms with E-state index in [0.717, 1.165) is 57.6 Å². The molecule has 0 spiro atoms. The number of alkyl halides is 3. The Morgan fingerprint density at radius 1 is 1.12 bits per heavy atom. The van der Waals surface area contributed by atoms with Crippen LogP contribution >= 0.6 is 24.8 Å². The van der Waals surface area contributed by atoms with Crippen molar-refractivity contribution in [1.29, 1.82) is 0 Å². The van der Waals surface area contributed by atoms with E-state index in [1.165, 1.54) is 6.07 Å². The summed E-state index contributed by atoms with van der Waals surface area (Å²) < 4.78 is 39.0. The number of hydrogen-bond acceptors (Lipinski definition) is 3. The monoisotopic (exact) mass is 386 g/mol. The predicted octanol–water partition coefficient (Wildman–Crippen LogP) is 4.00. The van der Waals surface area contributed by atoms with Gasteiger partial charge in [-0.3, -0.25) is 4.90 Å². The molecule has 1 aliphatic carbocycles. The highest BCUT2D eigenvalue weighted by Gasteiger charge is 2.37. The predicted molar refractivity (Wildman–Crippen MR) is 92.1 cm³/mol. The van der Waals surface area contributed by atoms with Gasteiger partial charge in [0.1, 0.15) is 5.75 Å². The third-order valence-electron chi connectivity index (χ3n) is 4.81. The van der Waals surface area contributed by atoms with E-state index < -0.39 is 11.7 Å². The SMILES string of the molecule is Cl.Cl.Oc1ccc(C(F)(F)F)cc1[C@@H](C1CCC1)N1CCNCC1. The van der Waals surface area contributed by atoms with Crippen molar-refractivity contribution in [1.82, 2.24) is 10.2 Å². The molecule has 3 nitrogen and oxygen atoms in total. The second-order valence-electron chi connectivity index (χ2n) is 6.19. The van der Waals surface area contributed by atoms with Crippen molar-refractivity contribution in [2.24, 2.45) is 5.92 Å².